The van der Waals surface area contributed by atoms with Gasteiger partial charge in [0.25, 0.3) is 0 Å². The van der Waals surface area contributed by atoms with Crippen molar-refractivity contribution in [3.05, 3.63) is 12.2 Å². The van der Waals surface area contributed by atoms with Gasteiger partial charge in [-0.1, -0.05) is 25.5 Å². The minimum absolute atomic E-state index is 0.108. The molecule has 0 spiro atoms. The lowest BCUT2D eigenvalue weighted by molar-refractivity contribution is -0.140. The summed E-state index contributed by atoms with van der Waals surface area (Å²) in [5.74, 6) is -0.108. The molecule has 0 atom stereocenters. The van der Waals surface area contributed by atoms with Crippen molar-refractivity contribution in [2.45, 2.75) is 45.4 Å². The van der Waals surface area contributed by atoms with E-state index in [-0.39, 0.29) is 5.97 Å². The first-order chi connectivity index (χ1) is 7.81. The van der Waals surface area contributed by atoms with Crippen LogP contribution < -0.4 is 0 Å². The van der Waals surface area contributed by atoms with Crippen LogP contribution in [0.5, 0.6) is 0 Å². The Labute approximate surface area is 98.8 Å². The molecule has 0 radical (unpaired) electrons. The number of allylic oxidation sites excluding steroid dienone is 1. The molecule has 0 heterocycles. The number of esters is 1. The van der Waals surface area contributed by atoms with Crippen molar-refractivity contribution >= 4 is 5.97 Å². The first kappa shape index (κ1) is 15.2. The molecular weight excluding hydrogens is 204 g/mol. The summed E-state index contributed by atoms with van der Waals surface area (Å²) >= 11 is 0. The molecule has 94 valence electrons. The fraction of sp³-hybridized carbons (Fsp3) is 0.769. The summed E-state index contributed by atoms with van der Waals surface area (Å²) in [6, 6.07) is 0. The van der Waals surface area contributed by atoms with Gasteiger partial charge < -0.3 is 9.47 Å². The lowest BCUT2D eigenvalue weighted by atomic mass is 10.1. The van der Waals surface area contributed by atoms with Gasteiger partial charge in [0.15, 0.2) is 0 Å². The van der Waals surface area contributed by atoms with Crippen LogP contribution in [0.4, 0.5) is 0 Å². The molecule has 0 amide bonds. The molecule has 3 nitrogen and oxygen atoms in total. The van der Waals surface area contributed by atoms with Crippen molar-refractivity contribution < 1.29 is 14.3 Å². The molecule has 0 aliphatic rings. The van der Waals surface area contributed by atoms with Crippen LogP contribution in [0.25, 0.3) is 0 Å². The Bertz CT molecular complexity index is 188. The topological polar surface area (TPSA) is 35.5 Å². The van der Waals surface area contributed by atoms with E-state index in [9.17, 15) is 4.79 Å². The van der Waals surface area contributed by atoms with Crippen molar-refractivity contribution in [3.63, 3.8) is 0 Å². The van der Waals surface area contributed by atoms with Gasteiger partial charge in [-0.05, 0) is 25.7 Å². The van der Waals surface area contributed by atoms with Gasteiger partial charge in [-0.25, -0.2) is 0 Å². The van der Waals surface area contributed by atoms with Gasteiger partial charge in [0.05, 0.1) is 13.7 Å². The Balaban J connectivity index is 3.11. The molecule has 0 N–H and O–H groups in total. The summed E-state index contributed by atoms with van der Waals surface area (Å²) in [6.45, 7) is 3.66. The van der Waals surface area contributed by atoms with Gasteiger partial charge in [-0.15, -0.1) is 0 Å². The van der Waals surface area contributed by atoms with Crippen molar-refractivity contribution in [1.82, 2.24) is 0 Å². The quantitative estimate of drug-likeness (QED) is 0.327. The molecule has 0 aromatic rings. The number of hydrogen-bond acceptors (Lipinski definition) is 3. The molecule has 0 fully saturated rings. The summed E-state index contributed by atoms with van der Waals surface area (Å²) < 4.78 is 9.87. The van der Waals surface area contributed by atoms with E-state index in [4.69, 9.17) is 4.74 Å². The molecule has 0 aliphatic heterocycles. The summed E-state index contributed by atoms with van der Waals surface area (Å²) in [7, 11) is 1.43. The second-order valence-corrected chi connectivity index (χ2v) is 3.72. The van der Waals surface area contributed by atoms with Crippen molar-refractivity contribution in [2.24, 2.45) is 0 Å². The standard InChI is InChI=1S/C13H24O3/c1-3-11-16-12-9-7-5-4-6-8-10-13(14)15-2/h7,9H,3-6,8,10-12H2,1-2H3. The summed E-state index contributed by atoms with van der Waals surface area (Å²) in [6.07, 6.45) is 10.0. The summed E-state index contributed by atoms with van der Waals surface area (Å²) in [4.78, 5) is 10.8. The van der Waals surface area contributed by atoms with Gasteiger partial charge in [-0.3, -0.25) is 4.79 Å². The molecular formula is C13H24O3. The van der Waals surface area contributed by atoms with Gasteiger partial charge in [0.1, 0.15) is 0 Å². The third kappa shape index (κ3) is 11.2. The zero-order valence-electron chi connectivity index (χ0n) is 10.5. The minimum Gasteiger partial charge on any atom is -0.469 e. The predicted octanol–water partition coefficient (Wildman–Crippen LogP) is 3.09. The van der Waals surface area contributed by atoms with E-state index in [1.54, 1.807) is 0 Å². The number of methoxy groups -OCH3 is 1. The van der Waals surface area contributed by atoms with E-state index in [1.807, 2.05) is 0 Å². The fourth-order valence-corrected chi connectivity index (χ4v) is 1.29. The van der Waals surface area contributed by atoms with E-state index in [1.165, 1.54) is 7.11 Å². The van der Waals surface area contributed by atoms with E-state index >= 15 is 0 Å². The van der Waals surface area contributed by atoms with Crippen LogP contribution in [0.3, 0.4) is 0 Å². The van der Waals surface area contributed by atoms with E-state index in [2.05, 4.69) is 23.8 Å². The number of hydrogen-bond donors (Lipinski definition) is 0. The van der Waals surface area contributed by atoms with Crippen LogP contribution in [0, 0.1) is 0 Å². The van der Waals surface area contributed by atoms with Crippen LogP contribution in [-0.4, -0.2) is 26.3 Å². The van der Waals surface area contributed by atoms with Crippen LogP contribution in [-0.2, 0) is 14.3 Å². The molecule has 0 aliphatic carbocycles. The first-order valence-corrected chi connectivity index (χ1v) is 6.10. The SMILES string of the molecule is CCCOCC=CCCCCCC(=O)OC. The molecule has 0 aromatic heterocycles. The third-order valence-corrected chi connectivity index (χ3v) is 2.21. The van der Waals surface area contributed by atoms with Gasteiger partial charge in [0, 0.05) is 13.0 Å². The highest BCUT2D eigenvalue weighted by Gasteiger charge is 1.97. The number of rotatable bonds is 10. The van der Waals surface area contributed by atoms with E-state index in [0.29, 0.717) is 6.42 Å². The number of ether oxygens (including phenoxy) is 2. The van der Waals surface area contributed by atoms with Crippen LogP contribution >= 0.6 is 0 Å². The molecule has 0 saturated carbocycles. The number of unbranched alkanes of at least 4 members (excludes halogenated alkanes) is 3. The highest BCUT2D eigenvalue weighted by molar-refractivity contribution is 5.68. The smallest absolute Gasteiger partial charge is 0.305 e. The van der Waals surface area contributed by atoms with Crippen LogP contribution in [0.15, 0.2) is 12.2 Å². The second kappa shape index (κ2) is 12.2. The molecule has 0 rings (SSSR count). The molecule has 3 heteroatoms. The Kier molecular flexibility index (Phi) is 11.6. The molecule has 0 aromatic carbocycles. The predicted molar refractivity (Wildman–Crippen MR) is 65.4 cm³/mol. The lowest BCUT2D eigenvalue weighted by Crippen LogP contribution is -1.98. The van der Waals surface area contributed by atoms with Crippen molar-refractivity contribution in [2.75, 3.05) is 20.3 Å². The van der Waals surface area contributed by atoms with Gasteiger partial charge >= 0.3 is 5.97 Å². The van der Waals surface area contributed by atoms with Crippen LogP contribution in [0.2, 0.25) is 0 Å². The Morgan fingerprint density at radius 2 is 2.00 bits per heavy atom. The minimum atomic E-state index is -0.108. The average molecular weight is 228 g/mol. The maximum Gasteiger partial charge on any atom is 0.305 e. The summed E-state index contributed by atoms with van der Waals surface area (Å²) in [5.41, 5.74) is 0. The van der Waals surface area contributed by atoms with Crippen molar-refractivity contribution in [1.29, 1.82) is 0 Å². The Hall–Kier alpha value is -0.830. The molecule has 0 unspecified atom stereocenters. The average Bonchev–Trinajstić information content (AvgIpc) is 2.31. The van der Waals surface area contributed by atoms with Crippen LogP contribution in [0.1, 0.15) is 45.4 Å². The highest BCUT2D eigenvalue weighted by Crippen LogP contribution is 2.04. The molecule has 0 bridgehead atoms. The monoisotopic (exact) mass is 228 g/mol. The summed E-state index contributed by atoms with van der Waals surface area (Å²) in [5, 5.41) is 0. The maximum absolute atomic E-state index is 10.8. The lowest BCUT2D eigenvalue weighted by Gasteiger charge is -1.98. The largest absolute Gasteiger partial charge is 0.469 e. The van der Waals surface area contributed by atoms with Crippen molar-refractivity contribution in [3.8, 4) is 0 Å². The number of carbonyl (C=O) groups is 1. The Morgan fingerprint density at radius 1 is 1.19 bits per heavy atom. The zero-order chi connectivity index (χ0) is 12.1. The van der Waals surface area contributed by atoms with Gasteiger partial charge in [-0.2, -0.15) is 0 Å². The maximum atomic E-state index is 10.8. The second-order valence-electron chi connectivity index (χ2n) is 3.72. The van der Waals surface area contributed by atoms with E-state index < -0.39 is 0 Å². The molecule has 0 saturated heterocycles. The fourth-order valence-electron chi connectivity index (χ4n) is 1.29. The highest BCUT2D eigenvalue weighted by atomic mass is 16.5. The normalized spacial score (nSPS) is 10.9. The number of carbonyl (C=O) groups excluding carboxylic acids is 1. The third-order valence-electron chi connectivity index (χ3n) is 2.21. The zero-order valence-corrected chi connectivity index (χ0v) is 10.5. The van der Waals surface area contributed by atoms with Gasteiger partial charge in [0.2, 0.25) is 0 Å². The molecule has 16 heavy (non-hydrogen) atoms. The first-order valence-electron chi connectivity index (χ1n) is 6.10. The Morgan fingerprint density at radius 3 is 2.69 bits per heavy atom. The van der Waals surface area contributed by atoms with E-state index in [0.717, 1.165) is 45.3 Å².